The Morgan fingerprint density at radius 2 is 1.61 bits per heavy atom. The molecule has 8 heteroatoms. The van der Waals surface area contributed by atoms with Crippen LogP contribution in [0.1, 0.15) is 11.1 Å². The van der Waals surface area contributed by atoms with Crippen molar-refractivity contribution in [1.82, 2.24) is 4.98 Å². The number of aromatic nitrogens is 1. The van der Waals surface area contributed by atoms with Gasteiger partial charge in [-0.2, -0.15) is 0 Å². The Kier molecular flexibility index (Phi) is 6.30. The van der Waals surface area contributed by atoms with Gasteiger partial charge in [-0.25, -0.2) is 12.8 Å². The van der Waals surface area contributed by atoms with E-state index < -0.39 is 15.7 Å². The van der Waals surface area contributed by atoms with E-state index in [9.17, 15) is 12.8 Å². The van der Waals surface area contributed by atoms with Gasteiger partial charge in [0.15, 0.2) is 0 Å². The average molecular weight is 506 g/mol. The van der Waals surface area contributed by atoms with Crippen molar-refractivity contribution in [2.45, 2.75) is 23.6 Å². The number of halogens is 1. The monoisotopic (exact) mass is 505 g/mol. The van der Waals surface area contributed by atoms with Crippen LogP contribution in [0, 0.1) is 19.7 Å². The molecule has 1 saturated heterocycles. The summed E-state index contributed by atoms with van der Waals surface area (Å²) >= 11 is 0. The van der Waals surface area contributed by atoms with Crippen LogP contribution < -0.4 is 14.5 Å². The van der Waals surface area contributed by atoms with Crippen LogP contribution in [-0.2, 0) is 9.84 Å². The second kappa shape index (κ2) is 9.43. The van der Waals surface area contributed by atoms with Crippen molar-refractivity contribution < 1.29 is 17.5 Å². The first-order valence-corrected chi connectivity index (χ1v) is 13.3. The summed E-state index contributed by atoms with van der Waals surface area (Å²) in [6.45, 7) is 6.26. The number of aryl methyl sites for hydroxylation is 2. The van der Waals surface area contributed by atoms with Crippen LogP contribution in [0.5, 0.6) is 5.75 Å². The van der Waals surface area contributed by atoms with E-state index in [2.05, 4.69) is 9.88 Å². The molecule has 1 fully saturated rings. The van der Waals surface area contributed by atoms with Gasteiger partial charge in [-0.15, -0.1) is 0 Å². The number of anilines is 2. The van der Waals surface area contributed by atoms with E-state index >= 15 is 0 Å². The summed E-state index contributed by atoms with van der Waals surface area (Å²) in [5.41, 5.74) is 3.95. The first-order valence-electron chi connectivity index (χ1n) is 11.8. The Bertz CT molecular complexity index is 1550. The number of methoxy groups -OCH3 is 1. The van der Waals surface area contributed by atoms with Crippen LogP contribution in [0.4, 0.5) is 15.8 Å². The van der Waals surface area contributed by atoms with Crippen molar-refractivity contribution in [2.75, 3.05) is 43.1 Å². The summed E-state index contributed by atoms with van der Waals surface area (Å²) < 4.78 is 47.7. The zero-order chi connectivity index (χ0) is 25.4. The smallest absolute Gasteiger partial charge is 0.210 e. The van der Waals surface area contributed by atoms with E-state index in [1.165, 1.54) is 18.3 Å². The highest BCUT2D eigenvalue weighted by molar-refractivity contribution is 7.91. The van der Waals surface area contributed by atoms with E-state index in [4.69, 9.17) is 4.74 Å². The lowest BCUT2D eigenvalue weighted by Crippen LogP contribution is -2.47. The predicted octanol–water partition coefficient (Wildman–Crippen LogP) is 5.16. The van der Waals surface area contributed by atoms with Gasteiger partial charge in [-0.05, 0) is 67.4 Å². The van der Waals surface area contributed by atoms with Crippen LogP contribution in [0.25, 0.3) is 10.9 Å². The number of para-hydroxylation sites is 2. The fourth-order valence-corrected chi connectivity index (χ4v) is 6.24. The fraction of sp³-hybridized carbons (Fsp3) is 0.250. The third-order valence-electron chi connectivity index (χ3n) is 6.87. The highest BCUT2D eigenvalue weighted by Crippen LogP contribution is 2.38. The number of rotatable bonds is 5. The van der Waals surface area contributed by atoms with Gasteiger partial charge < -0.3 is 14.5 Å². The molecule has 0 spiro atoms. The Balaban J connectivity index is 1.59. The van der Waals surface area contributed by atoms with Crippen LogP contribution in [-0.4, -0.2) is 46.7 Å². The molecule has 0 amide bonds. The molecule has 1 aliphatic heterocycles. The zero-order valence-electron chi connectivity index (χ0n) is 20.5. The molecule has 2 heterocycles. The summed E-state index contributed by atoms with van der Waals surface area (Å²) in [6, 6.07) is 17.3. The van der Waals surface area contributed by atoms with Crippen LogP contribution >= 0.6 is 0 Å². The number of pyridine rings is 1. The van der Waals surface area contributed by atoms with Crippen LogP contribution in [0.15, 0.2) is 76.7 Å². The molecule has 0 aliphatic carbocycles. The van der Waals surface area contributed by atoms with Crippen LogP contribution in [0.2, 0.25) is 0 Å². The highest BCUT2D eigenvalue weighted by atomic mass is 32.2. The Morgan fingerprint density at radius 3 is 2.33 bits per heavy atom. The third kappa shape index (κ3) is 4.26. The SMILES string of the molecule is COc1ccccc1N1CCN(c2c(S(=O)(=O)c3ccc(C)c(C)c3)cnc3ccc(F)cc23)CC1. The minimum atomic E-state index is -3.90. The molecule has 0 atom stereocenters. The number of piperazine rings is 1. The lowest BCUT2D eigenvalue weighted by molar-refractivity contribution is 0.413. The lowest BCUT2D eigenvalue weighted by Gasteiger charge is -2.38. The van der Waals surface area contributed by atoms with Crippen molar-refractivity contribution >= 4 is 32.1 Å². The number of hydrogen-bond donors (Lipinski definition) is 0. The maximum atomic E-state index is 14.4. The maximum absolute atomic E-state index is 14.4. The van der Waals surface area contributed by atoms with Gasteiger partial charge in [0.2, 0.25) is 9.84 Å². The average Bonchev–Trinajstić information content (AvgIpc) is 2.89. The van der Waals surface area contributed by atoms with E-state index in [0.717, 1.165) is 22.6 Å². The Hall–Kier alpha value is -3.65. The zero-order valence-corrected chi connectivity index (χ0v) is 21.3. The third-order valence-corrected chi connectivity index (χ3v) is 8.62. The summed E-state index contributed by atoms with van der Waals surface area (Å²) in [6.07, 6.45) is 1.41. The number of fused-ring (bicyclic) bond motifs is 1. The number of sulfone groups is 1. The first-order chi connectivity index (χ1) is 17.3. The predicted molar refractivity (Wildman–Crippen MR) is 140 cm³/mol. The number of hydrogen-bond acceptors (Lipinski definition) is 6. The van der Waals surface area contributed by atoms with E-state index in [1.54, 1.807) is 25.3 Å². The molecule has 4 aromatic rings. The fourth-order valence-electron chi connectivity index (χ4n) is 4.73. The van der Waals surface area contributed by atoms with Crippen molar-refractivity contribution in [3.8, 4) is 5.75 Å². The van der Waals surface area contributed by atoms with Gasteiger partial charge in [-0.3, -0.25) is 4.98 Å². The summed E-state index contributed by atoms with van der Waals surface area (Å²) in [7, 11) is -2.25. The topological polar surface area (TPSA) is 62.7 Å². The van der Waals surface area contributed by atoms with Crippen molar-refractivity contribution in [1.29, 1.82) is 0 Å². The quantitative estimate of drug-likeness (QED) is 0.374. The summed E-state index contributed by atoms with van der Waals surface area (Å²) in [4.78, 5) is 8.94. The normalized spacial score (nSPS) is 14.3. The van der Waals surface area contributed by atoms with Crippen molar-refractivity contribution in [3.05, 3.63) is 83.8 Å². The molecule has 6 nitrogen and oxygen atoms in total. The van der Waals surface area contributed by atoms with E-state index in [1.807, 2.05) is 49.1 Å². The molecule has 0 radical (unpaired) electrons. The molecule has 3 aromatic carbocycles. The summed E-state index contributed by atoms with van der Waals surface area (Å²) in [5.74, 6) is 0.360. The molecule has 0 unspecified atom stereocenters. The molecular weight excluding hydrogens is 477 g/mol. The van der Waals surface area contributed by atoms with Gasteiger partial charge in [-0.1, -0.05) is 18.2 Å². The molecule has 1 aromatic heterocycles. The first kappa shape index (κ1) is 24.1. The molecule has 36 heavy (non-hydrogen) atoms. The highest BCUT2D eigenvalue weighted by Gasteiger charge is 2.29. The number of nitrogens with zero attached hydrogens (tertiary/aromatic N) is 3. The second-order valence-electron chi connectivity index (χ2n) is 9.03. The number of ether oxygens (including phenoxy) is 1. The van der Waals surface area contributed by atoms with E-state index in [-0.39, 0.29) is 9.79 Å². The standard InChI is InChI=1S/C28H28FN3O3S/c1-19-8-10-22(16-20(19)2)36(33,34)27-18-30-24-11-9-21(29)17-23(24)28(27)32-14-12-31(13-15-32)25-6-4-5-7-26(25)35-3/h4-11,16-18H,12-15H2,1-3H3. The van der Waals surface area contributed by atoms with E-state index in [0.29, 0.717) is 42.8 Å². The molecule has 5 rings (SSSR count). The number of benzene rings is 3. The molecule has 1 aliphatic rings. The summed E-state index contributed by atoms with van der Waals surface area (Å²) in [5, 5.41) is 0.491. The molecular formula is C28H28FN3O3S. The van der Waals surface area contributed by atoms with Gasteiger partial charge in [0.25, 0.3) is 0 Å². The van der Waals surface area contributed by atoms with Gasteiger partial charge in [0.05, 0.1) is 28.9 Å². The van der Waals surface area contributed by atoms with Crippen LogP contribution in [0.3, 0.4) is 0 Å². The lowest BCUT2D eigenvalue weighted by atomic mass is 10.1. The van der Waals surface area contributed by atoms with Crippen molar-refractivity contribution in [2.24, 2.45) is 0 Å². The largest absolute Gasteiger partial charge is 0.495 e. The molecule has 0 saturated carbocycles. The molecule has 0 N–H and O–H groups in total. The van der Waals surface area contributed by atoms with Crippen molar-refractivity contribution in [3.63, 3.8) is 0 Å². The Morgan fingerprint density at radius 1 is 0.889 bits per heavy atom. The van der Waals surface area contributed by atoms with Gasteiger partial charge in [0.1, 0.15) is 16.5 Å². The second-order valence-corrected chi connectivity index (χ2v) is 10.9. The van der Waals surface area contributed by atoms with Gasteiger partial charge in [0, 0.05) is 37.8 Å². The van der Waals surface area contributed by atoms with Gasteiger partial charge >= 0.3 is 0 Å². The Labute approximate surface area is 210 Å². The minimum Gasteiger partial charge on any atom is -0.495 e. The minimum absolute atomic E-state index is 0.0922. The molecule has 0 bridgehead atoms. The maximum Gasteiger partial charge on any atom is 0.210 e. The molecule has 186 valence electrons.